The second-order valence-corrected chi connectivity index (χ2v) is 6.28. The molecule has 10 heteroatoms. The van der Waals surface area contributed by atoms with Crippen molar-refractivity contribution >= 4 is 23.5 Å². The fourth-order valence-electron chi connectivity index (χ4n) is 2.58. The lowest BCUT2D eigenvalue weighted by atomic mass is 10.1. The molecule has 0 spiro atoms. The summed E-state index contributed by atoms with van der Waals surface area (Å²) in [4.78, 5) is 36.5. The van der Waals surface area contributed by atoms with Gasteiger partial charge in [-0.3, -0.25) is 9.59 Å². The van der Waals surface area contributed by atoms with E-state index >= 15 is 0 Å². The van der Waals surface area contributed by atoms with Crippen molar-refractivity contribution in [2.75, 3.05) is 33.3 Å². The van der Waals surface area contributed by atoms with Crippen molar-refractivity contribution in [2.24, 2.45) is 0 Å². The van der Waals surface area contributed by atoms with Crippen molar-refractivity contribution in [2.45, 2.75) is 13.0 Å². The van der Waals surface area contributed by atoms with E-state index in [2.05, 4.69) is 10.6 Å². The van der Waals surface area contributed by atoms with E-state index in [9.17, 15) is 18.8 Å². The molecule has 2 N–H and O–H groups in total. The molecule has 0 aliphatic carbocycles. The Hall–Kier alpha value is -3.82. The first kappa shape index (κ1) is 23.5. The van der Waals surface area contributed by atoms with Crippen molar-refractivity contribution in [3.8, 4) is 17.2 Å². The van der Waals surface area contributed by atoms with E-state index in [1.54, 1.807) is 0 Å². The van der Waals surface area contributed by atoms with Crippen LogP contribution in [0.15, 0.2) is 36.4 Å². The predicted octanol–water partition coefficient (Wildman–Crippen LogP) is 2.15. The van der Waals surface area contributed by atoms with Gasteiger partial charge in [0.25, 0.3) is 11.8 Å². The number of hydrogen-bond donors (Lipinski definition) is 2. The molecule has 0 aliphatic heterocycles. The zero-order valence-corrected chi connectivity index (χ0v) is 17.5. The molecule has 2 rings (SSSR count). The Morgan fingerprint density at radius 1 is 1.00 bits per heavy atom. The number of amides is 2. The van der Waals surface area contributed by atoms with E-state index < -0.39 is 36.2 Å². The second kappa shape index (κ2) is 10.8. The summed E-state index contributed by atoms with van der Waals surface area (Å²) >= 11 is 0. The lowest BCUT2D eigenvalue weighted by Crippen LogP contribution is -2.40. The van der Waals surface area contributed by atoms with E-state index in [4.69, 9.17) is 18.9 Å². The molecule has 0 aliphatic rings. The number of rotatable bonds is 9. The van der Waals surface area contributed by atoms with Gasteiger partial charge in [-0.05, 0) is 37.3 Å². The molecular weight excluding hydrogens is 411 g/mol. The molecule has 9 nitrogen and oxygen atoms in total. The Labute approximate surface area is 178 Å². The summed E-state index contributed by atoms with van der Waals surface area (Å²) in [5, 5.41) is 4.87. The molecule has 166 valence electrons. The number of nitrogens with one attached hydrogen (secondary N) is 2. The first-order chi connectivity index (χ1) is 14.8. The molecule has 0 saturated carbocycles. The summed E-state index contributed by atoms with van der Waals surface area (Å²) in [6, 6.07) is 7.09. The number of ether oxygens (including phenoxy) is 4. The maximum Gasteiger partial charge on any atom is 0.328 e. The standard InChI is InChI=1S/C21H23FN2O7/c1-12(21(27)31-11-18(25)24-15-7-5-6-14(22)10-15)23-20(26)13-8-16(28-2)19(30-4)17(9-13)29-3/h5-10,12H,11H2,1-4H3,(H,23,26)(H,24,25)/t12-/m0/s1. The predicted molar refractivity (Wildman–Crippen MR) is 109 cm³/mol. The van der Waals surface area contributed by atoms with Crippen LogP contribution in [-0.2, 0) is 14.3 Å². The van der Waals surface area contributed by atoms with Crippen molar-refractivity contribution in [3.05, 3.63) is 47.8 Å². The number of benzene rings is 2. The molecule has 0 aromatic heterocycles. The van der Waals surface area contributed by atoms with Gasteiger partial charge in [0.05, 0.1) is 21.3 Å². The van der Waals surface area contributed by atoms with E-state index in [0.717, 1.165) is 6.07 Å². The van der Waals surface area contributed by atoms with Gasteiger partial charge in [-0.25, -0.2) is 9.18 Å². The number of esters is 1. The van der Waals surface area contributed by atoms with Gasteiger partial charge in [0.15, 0.2) is 18.1 Å². The van der Waals surface area contributed by atoms with Crippen LogP contribution < -0.4 is 24.8 Å². The minimum atomic E-state index is -1.05. The van der Waals surface area contributed by atoms with Crippen molar-refractivity contribution in [1.82, 2.24) is 5.32 Å². The Morgan fingerprint density at radius 2 is 1.65 bits per heavy atom. The van der Waals surface area contributed by atoms with E-state index in [0.29, 0.717) is 5.75 Å². The van der Waals surface area contributed by atoms with Crippen LogP contribution in [0.5, 0.6) is 17.2 Å². The highest BCUT2D eigenvalue weighted by Gasteiger charge is 2.22. The third kappa shape index (κ3) is 6.33. The number of hydrogen-bond acceptors (Lipinski definition) is 7. The van der Waals surface area contributed by atoms with E-state index in [-0.39, 0.29) is 22.7 Å². The first-order valence-electron chi connectivity index (χ1n) is 9.12. The number of carbonyl (C=O) groups is 3. The second-order valence-electron chi connectivity index (χ2n) is 6.28. The van der Waals surface area contributed by atoms with Gasteiger partial charge in [0.2, 0.25) is 5.75 Å². The maximum atomic E-state index is 13.1. The molecule has 31 heavy (non-hydrogen) atoms. The Balaban J connectivity index is 1.94. The SMILES string of the molecule is COc1cc(C(=O)N[C@@H](C)C(=O)OCC(=O)Nc2cccc(F)c2)cc(OC)c1OC. The first-order valence-corrected chi connectivity index (χ1v) is 9.12. The zero-order chi connectivity index (χ0) is 23.0. The zero-order valence-electron chi connectivity index (χ0n) is 17.5. The highest BCUT2D eigenvalue weighted by atomic mass is 19.1. The van der Waals surface area contributed by atoms with Crippen LogP contribution in [0, 0.1) is 5.82 Å². The number of halogens is 1. The smallest absolute Gasteiger partial charge is 0.328 e. The molecule has 1 atom stereocenters. The molecule has 0 saturated heterocycles. The molecule has 0 fully saturated rings. The van der Waals surface area contributed by atoms with Crippen LogP contribution in [-0.4, -0.2) is 51.8 Å². The van der Waals surface area contributed by atoms with Gasteiger partial charge < -0.3 is 29.6 Å². The van der Waals surface area contributed by atoms with Gasteiger partial charge in [-0.15, -0.1) is 0 Å². The number of anilines is 1. The third-order valence-electron chi connectivity index (χ3n) is 4.08. The molecule has 0 unspecified atom stereocenters. The molecule has 0 radical (unpaired) electrons. The summed E-state index contributed by atoms with van der Waals surface area (Å²) in [6.07, 6.45) is 0. The van der Waals surface area contributed by atoms with E-state index in [1.807, 2.05) is 0 Å². The van der Waals surface area contributed by atoms with Gasteiger partial charge >= 0.3 is 5.97 Å². The van der Waals surface area contributed by atoms with Crippen molar-refractivity contribution < 1.29 is 37.7 Å². The van der Waals surface area contributed by atoms with Gasteiger partial charge in [-0.1, -0.05) is 6.07 Å². The lowest BCUT2D eigenvalue weighted by molar-refractivity contribution is -0.148. The monoisotopic (exact) mass is 434 g/mol. The largest absolute Gasteiger partial charge is 0.493 e. The van der Waals surface area contributed by atoms with E-state index in [1.165, 1.54) is 58.6 Å². The minimum Gasteiger partial charge on any atom is -0.493 e. The van der Waals surface area contributed by atoms with Crippen molar-refractivity contribution in [3.63, 3.8) is 0 Å². The van der Waals surface area contributed by atoms with Gasteiger partial charge in [0.1, 0.15) is 11.9 Å². The summed E-state index contributed by atoms with van der Waals surface area (Å²) in [7, 11) is 4.25. The highest BCUT2D eigenvalue weighted by molar-refractivity contribution is 5.98. The van der Waals surface area contributed by atoms with Crippen LogP contribution in [0.4, 0.5) is 10.1 Å². The maximum absolute atomic E-state index is 13.1. The Morgan fingerprint density at radius 3 is 2.19 bits per heavy atom. The van der Waals surface area contributed by atoms with Gasteiger partial charge in [0, 0.05) is 11.3 Å². The summed E-state index contributed by atoms with van der Waals surface area (Å²) in [5.74, 6) is -1.71. The summed E-state index contributed by atoms with van der Waals surface area (Å²) < 4.78 is 33.6. The quantitative estimate of drug-likeness (QED) is 0.582. The van der Waals surface area contributed by atoms with Crippen LogP contribution in [0.1, 0.15) is 17.3 Å². The number of methoxy groups -OCH3 is 3. The topological polar surface area (TPSA) is 112 Å². The minimum absolute atomic E-state index is 0.165. The van der Waals surface area contributed by atoms with Crippen LogP contribution in [0.25, 0.3) is 0 Å². The van der Waals surface area contributed by atoms with Crippen LogP contribution in [0.3, 0.4) is 0 Å². The molecule has 2 amide bonds. The highest BCUT2D eigenvalue weighted by Crippen LogP contribution is 2.38. The Kier molecular flexibility index (Phi) is 8.18. The normalized spacial score (nSPS) is 11.1. The lowest BCUT2D eigenvalue weighted by Gasteiger charge is -2.16. The summed E-state index contributed by atoms with van der Waals surface area (Å²) in [6.45, 7) is 0.808. The van der Waals surface area contributed by atoms with Crippen molar-refractivity contribution in [1.29, 1.82) is 0 Å². The molecule has 0 heterocycles. The molecular formula is C21H23FN2O7. The Bertz CT molecular complexity index is 939. The van der Waals surface area contributed by atoms with Gasteiger partial charge in [-0.2, -0.15) is 0 Å². The molecule has 2 aromatic carbocycles. The fraction of sp³-hybridized carbons (Fsp3) is 0.286. The van der Waals surface area contributed by atoms with Crippen LogP contribution >= 0.6 is 0 Å². The fourth-order valence-corrected chi connectivity index (χ4v) is 2.58. The van der Waals surface area contributed by atoms with Crippen LogP contribution in [0.2, 0.25) is 0 Å². The average molecular weight is 434 g/mol. The third-order valence-corrected chi connectivity index (χ3v) is 4.08. The molecule has 2 aromatic rings. The summed E-state index contributed by atoms with van der Waals surface area (Å²) in [5.41, 5.74) is 0.391. The molecule has 0 bridgehead atoms. The average Bonchev–Trinajstić information content (AvgIpc) is 2.76. The number of carbonyl (C=O) groups excluding carboxylic acids is 3.